The fourth-order valence-electron chi connectivity index (χ4n) is 1.93. The average Bonchev–Trinajstić information content (AvgIpc) is 2.99. The van der Waals surface area contributed by atoms with Crippen molar-refractivity contribution in [2.24, 2.45) is 0 Å². The highest BCUT2D eigenvalue weighted by atomic mass is 35.5. The molecule has 0 radical (unpaired) electrons. The Hall–Kier alpha value is -1.09. The van der Waals surface area contributed by atoms with Crippen LogP contribution in [0.5, 0.6) is 0 Å². The first kappa shape index (κ1) is 9.16. The first-order chi connectivity index (χ1) is 7.29. The molecule has 4 heteroatoms. The molecule has 0 N–H and O–H groups in total. The zero-order valence-electron chi connectivity index (χ0n) is 8.57. The second-order valence-electron chi connectivity index (χ2n) is 4.06. The van der Waals surface area contributed by atoms with Crippen LogP contribution in [-0.2, 0) is 5.88 Å². The summed E-state index contributed by atoms with van der Waals surface area (Å²) in [7, 11) is 0. The van der Waals surface area contributed by atoms with E-state index in [9.17, 15) is 0 Å². The summed E-state index contributed by atoms with van der Waals surface area (Å²) in [6, 6.07) is 4.59. The van der Waals surface area contributed by atoms with Crippen LogP contribution < -0.4 is 0 Å². The molecule has 0 bridgehead atoms. The van der Waals surface area contributed by atoms with Gasteiger partial charge in [-0.2, -0.15) is 0 Å². The van der Waals surface area contributed by atoms with Crippen LogP contribution >= 0.6 is 11.6 Å². The summed E-state index contributed by atoms with van der Waals surface area (Å²) >= 11 is 5.90. The van der Waals surface area contributed by atoms with Crippen molar-refractivity contribution in [3.63, 3.8) is 0 Å². The van der Waals surface area contributed by atoms with E-state index in [2.05, 4.69) is 14.5 Å². The van der Waals surface area contributed by atoms with E-state index in [-0.39, 0.29) is 0 Å². The highest BCUT2D eigenvalue weighted by Gasteiger charge is 2.28. The van der Waals surface area contributed by atoms with E-state index in [1.807, 2.05) is 19.1 Å². The van der Waals surface area contributed by atoms with Crippen LogP contribution in [0.25, 0.3) is 11.2 Å². The smallest absolute Gasteiger partial charge is 0.160 e. The first-order valence-corrected chi connectivity index (χ1v) is 5.73. The van der Waals surface area contributed by atoms with Gasteiger partial charge in [-0.1, -0.05) is 0 Å². The number of imidazole rings is 1. The molecule has 15 heavy (non-hydrogen) atoms. The van der Waals surface area contributed by atoms with E-state index in [1.54, 1.807) is 0 Å². The van der Waals surface area contributed by atoms with Gasteiger partial charge in [-0.3, -0.25) is 0 Å². The van der Waals surface area contributed by atoms with E-state index in [4.69, 9.17) is 11.6 Å². The Bertz CT molecular complexity index is 514. The van der Waals surface area contributed by atoms with Gasteiger partial charge in [0, 0.05) is 11.7 Å². The molecule has 2 heterocycles. The predicted octanol–water partition coefficient (Wildman–Crippen LogP) is 2.81. The normalized spacial score (nSPS) is 16.1. The van der Waals surface area contributed by atoms with Crippen molar-refractivity contribution in [3.8, 4) is 0 Å². The topological polar surface area (TPSA) is 30.7 Å². The highest BCUT2D eigenvalue weighted by Crippen LogP contribution is 2.38. The van der Waals surface area contributed by atoms with E-state index in [0.717, 1.165) is 22.7 Å². The highest BCUT2D eigenvalue weighted by molar-refractivity contribution is 6.16. The summed E-state index contributed by atoms with van der Waals surface area (Å²) in [6.45, 7) is 2.00. The molecule has 78 valence electrons. The molecular weight excluding hydrogens is 210 g/mol. The Morgan fingerprint density at radius 3 is 2.87 bits per heavy atom. The van der Waals surface area contributed by atoms with Crippen LogP contribution in [0.2, 0.25) is 0 Å². The van der Waals surface area contributed by atoms with Gasteiger partial charge in [-0.05, 0) is 31.9 Å². The minimum atomic E-state index is 0.464. The number of aromatic nitrogens is 3. The number of fused-ring (bicyclic) bond motifs is 1. The van der Waals surface area contributed by atoms with Crippen molar-refractivity contribution in [1.82, 2.24) is 14.5 Å². The molecule has 0 aromatic carbocycles. The van der Waals surface area contributed by atoms with Crippen LogP contribution in [0, 0.1) is 6.92 Å². The summed E-state index contributed by atoms with van der Waals surface area (Å²) in [5, 5.41) is 0. The number of hydrogen-bond donors (Lipinski definition) is 0. The van der Waals surface area contributed by atoms with Gasteiger partial charge in [0.1, 0.15) is 11.3 Å². The van der Waals surface area contributed by atoms with Crippen LogP contribution in [0.15, 0.2) is 12.1 Å². The van der Waals surface area contributed by atoms with Gasteiger partial charge in [0.15, 0.2) is 5.65 Å². The van der Waals surface area contributed by atoms with E-state index in [1.165, 1.54) is 12.8 Å². The van der Waals surface area contributed by atoms with Crippen LogP contribution in [0.1, 0.15) is 30.4 Å². The lowest BCUT2D eigenvalue weighted by atomic mass is 10.3. The molecule has 1 fully saturated rings. The molecule has 1 saturated carbocycles. The lowest BCUT2D eigenvalue weighted by Crippen LogP contribution is -2.00. The quantitative estimate of drug-likeness (QED) is 0.731. The Labute approximate surface area is 93.1 Å². The molecule has 0 atom stereocenters. The monoisotopic (exact) mass is 221 g/mol. The lowest BCUT2D eigenvalue weighted by molar-refractivity contribution is 0.720. The van der Waals surface area contributed by atoms with Crippen LogP contribution in [-0.4, -0.2) is 14.5 Å². The Balaban J connectivity index is 2.30. The largest absolute Gasteiger partial charge is 0.309 e. The molecule has 0 spiro atoms. The van der Waals surface area contributed by atoms with Crippen molar-refractivity contribution >= 4 is 22.8 Å². The molecule has 3 rings (SSSR count). The molecule has 3 nitrogen and oxygen atoms in total. The maximum absolute atomic E-state index is 5.90. The maximum Gasteiger partial charge on any atom is 0.160 e. The molecule has 1 aliphatic rings. The number of pyridine rings is 1. The fraction of sp³-hybridized carbons (Fsp3) is 0.455. The third-order valence-corrected chi connectivity index (χ3v) is 3.02. The van der Waals surface area contributed by atoms with Crippen LogP contribution in [0.3, 0.4) is 0 Å². The van der Waals surface area contributed by atoms with Crippen molar-refractivity contribution in [2.75, 3.05) is 0 Å². The SMILES string of the molecule is Cc1ccc2nc(CCl)n(C3CC3)c2n1. The number of nitrogens with zero attached hydrogens (tertiary/aromatic N) is 3. The summed E-state index contributed by atoms with van der Waals surface area (Å²) in [6.07, 6.45) is 2.45. The van der Waals surface area contributed by atoms with Crippen molar-refractivity contribution in [1.29, 1.82) is 0 Å². The molecule has 0 unspecified atom stereocenters. The van der Waals surface area contributed by atoms with Gasteiger partial charge in [0.2, 0.25) is 0 Å². The zero-order valence-corrected chi connectivity index (χ0v) is 9.33. The minimum absolute atomic E-state index is 0.464. The summed E-state index contributed by atoms with van der Waals surface area (Å²) < 4.78 is 2.20. The van der Waals surface area contributed by atoms with Crippen molar-refractivity contribution in [3.05, 3.63) is 23.7 Å². The second-order valence-corrected chi connectivity index (χ2v) is 4.33. The summed E-state index contributed by atoms with van der Waals surface area (Å²) in [4.78, 5) is 9.05. The Morgan fingerprint density at radius 2 is 2.20 bits per heavy atom. The molecule has 2 aromatic rings. The van der Waals surface area contributed by atoms with Gasteiger partial charge < -0.3 is 4.57 Å². The molecule has 1 aliphatic carbocycles. The van der Waals surface area contributed by atoms with Crippen molar-refractivity contribution in [2.45, 2.75) is 31.7 Å². The third-order valence-electron chi connectivity index (χ3n) is 2.78. The molecular formula is C11H12ClN3. The maximum atomic E-state index is 5.90. The number of rotatable bonds is 2. The Morgan fingerprint density at radius 1 is 1.40 bits per heavy atom. The average molecular weight is 222 g/mol. The number of alkyl halides is 1. The van der Waals surface area contributed by atoms with Gasteiger partial charge >= 0.3 is 0 Å². The molecule has 0 aliphatic heterocycles. The zero-order chi connectivity index (χ0) is 10.4. The lowest BCUT2D eigenvalue weighted by Gasteiger charge is -2.03. The number of halogens is 1. The summed E-state index contributed by atoms with van der Waals surface area (Å²) in [5.74, 6) is 1.42. The molecule has 0 amide bonds. The molecule has 0 saturated heterocycles. The third kappa shape index (κ3) is 1.42. The number of aryl methyl sites for hydroxylation is 1. The van der Waals surface area contributed by atoms with E-state index < -0.39 is 0 Å². The van der Waals surface area contributed by atoms with Crippen LogP contribution in [0.4, 0.5) is 0 Å². The summed E-state index contributed by atoms with van der Waals surface area (Å²) in [5.41, 5.74) is 2.99. The molecule has 2 aromatic heterocycles. The number of hydrogen-bond acceptors (Lipinski definition) is 2. The second kappa shape index (κ2) is 3.20. The van der Waals surface area contributed by atoms with Gasteiger partial charge in [-0.15, -0.1) is 11.6 Å². The first-order valence-electron chi connectivity index (χ1n) is 5.20. The standard InChI is InChI=1S/C11H12ClN3/c1-7-2-5-9-11(13-7)15(8-3-4-8)10(6-12)14-9/h2,5,8H,3-4,6H2,1H3. The fourth-order valence-corrected chi connectivity index (χ4v) is 2.11. The van der Waals surface area contributed by atoms with E-state index in [0.29, 0.717) is 11.9 Å². The van der Waals surface area contributed by atoms with Gasteiger partial charge in [0.25, 0.3) is 0 Å². The minimum Gasteiger partial charge on any atom is -0.309 e. The van der Waals surface area contributed by atoms with Crippen molar-refractivity contribution < 1.29 is 0 Å². The van der Waals surface area contributed by atoms with Gasteiger partial charge in [0.05, 0.1) is 5.88 Å². The Kier molecular flexibility index (Phi) is 1.96. The van der Waals surface area contributed by atoms with Gasteiger partial charge in [-0.25, -0.2) is 9.97 Å². The predicted molar refractivity (Wildman–Crippen MR) is 60.1 cm³/mol. The van der Waals surface area contributed by atoms with E-state index >= 15 is 0 Å².